The molecule has 32 heavy (non-hydrogen) atoms. The number of carbonyl (C=O) groups excluding carboxylic acids is 3. The average molecular weight is 470 g/mol. The van der Waals surface area contributed by atoms with E-state index in [1.807, 2.05) is 61.6 Å². The molecule has 1 N–H and O–H groups in total. The molecule has 0 aliphatic heterocycles. The molecule has 0 saturated heterocycles. The molecule has 0 aromatic carbocycles. The van der Waals surface area contributed by atoms with Gasteiger partial charge in [-0.1, -0.05) is 48.5 Å². The second-order valence-electron chi connectivity index (χ2n) is 10.3. The molecule has 0 aliphatic rings. The average Bonchev–Trinajstić information content (AvgIpc) is 3.11. The first kappa shape index (κ1) is 27.7. The van der Waals surface area contributed by atoms with Crippen molar-refractivity contribution in [3.8, 4) is 0 Å². The predicted molar refractivity (Wildman–Crippen MR) is 124 cm³/mol. The molecule has 1 rings (SSSR count). The Balaban J connectivity index is 2.97. The Hall–Kier alpha value is -2.36. The minimum absolute atomic E-state index is 0.0503. The summed E-state index contributed by atoms with van der Waals surface area (Å²) in [5.74, 6) is -0.182. The molecule has 0 saturated carbocycles. The molecule has 1 atom stereocenters. The summed E-state index contributed by atoms with van der Waals surface area (Å²) < 4.78 is 17.5. The zero-order valence-corrected chi connectivity index (χ0v) is 21.9. The van der Waals surface area contributed by atoms with E-state index in [2.05, 4.69) is 10.3 Å². The molecule has 0 fully saturated rings. The second-order valence-corrected chi connectivity index (χ2v) is 15.0. The number of nitrogens with one attached hydrogen (secondary N) is 1. The summed E-state index contributed by atoms with van der Waals surface area (Å²) in [6, 6.07) is -1.00. The van der Waals surface area contributed by atoms with Crippen LogP contribution in [0.25, 0.3) is 0 Å². The molecule has 1 heterocycles. The molecule has 1 amide bonds. The first-order valence-electron chi connectivity index (χ1n) is 11.0. The largest absolute Gasteiger partial charge is 0.518 e. The number of carbonyl (C=O) groups is 3. The van der Waals surface area contributed by atoms with Gasteiger partial charge in [-0.2, -0.15) is 0 Å². The maximum Gasteiger partial charge on any atom is 0.419 e. The van der Waals surface area contributed by atoms with Crippen molar-refractivity contribution >= 4 is 26.5 Å². The number of hydrogen-bond acceptors (Lipinski definition) is 7. The SMILES string of the molecule is CC(C)COC(=O)NC(Cc1cn(C(=O)OCC(C)C)cn1)C(=O)O[Si](C)(C)C(C)(C)C. The van der Waals surface area contributed by atoms with Crippen molar-refractivity contribution < 1.29 is 28.3 Å². The number of ether oxygens (including phenoxy) is 2. The molecular formula is C22H39N3O6Si. The summed E-state index contributed by atoms with van der Waals surface area (Å²) in [7, 11) is -2.41. The molecule has 1 unspecified atom stereocenters. The van der Waals surface area contributed by atoms with Crippen LogP contribution < -0.4 is 5.32 Å². The van der Waals surface area contributed by atoms with Crippen molar-refractivity contribution in [1.29, 1.82) is 0 Å². The van der Waals surface area contributed by atoms with E-state index in [1.54, 1.807) is 0 Å². The molecule has 0 aliphatic carbocycles. The molecule has 182 valence electrons. The van der Waals surface area contributed by atoms with Gasteiger partial charge in [-0.3, -0.25) is 4.79 Å². The van der Waals surface area contributed by atoms with Crippen LogP contribution in [0, 0.1) is 11.8 Å². The summed E-state index contributed by atoms with van der Waals surface area (Å²) in [5, 5.41) is 2.41. The lowest BCUT2D eigenvalue weighted by atomic mass is 10.2. The maximum atomic E-state index is 13.0. The van der Waals surface area contributed by atoms with Gasteiger partial charge in [0.15, 0.2) is 0 Å². The van der Waals surface area contributed by atoms with Gasteiger partial charge in [0.1, 0.15) is 12.4 Å². The van der Waals surface area contributed by atoms with Crippen LogP contribution in [-0.4, -0.2) is 55.3 Å². The third kappa shape index (κ3) is 9.02. The van der Waals surface area contributed by atoms with Crippen LogP contribution in [0.4, 0.5) is 9.59 Å². The lowest BCUT2D eigenvalue weighted by Crippen LogP contribution is -2.50. The van der Waals surface area contributed by atoms with Crippen molar-refractivity contribution in [3.05, 3.63) is 18.2 Å². The van der Waals surface area contributed by atoms with Gasteiger partial charge in [0.05, 0.1) is 18.9 Å². The van der Waals surface area contributed by atoms with E-state index >= 15 is 0 Å². The highest BCUT2D eigenvalue weighted by molar-refractivity contribution is 6.75. The number of alkyl carbamates (subject to hydrolysis) is 1. The summed E-state index contributed by atoms with van der Waals surface area (Å²) in [4.78, 5) is 41.6. The molecule has 10 heteroatoms. The Morgan fingerprint density at radius 3 is 2.16 bits per heavy atom. The van der Waals surface area contributed by atoms with E-state index in [-0.39, 0.29) is 36.5 Å². The van der Waals surface area contributed by atoms with E-state index in [0.717, 1.165) is 0 Å². The highest BCUT2D eigenvalue weighted by atomic mass is 28.4. The fourth-order valence-electron chi connectivity index (χ4n) is 2.19. The Kier molecular flexibility index (Phi) is 9.93. The van der Waals surface area contributed by atoms with Crippen LogP contribution in [0.2, 0.25) is 18.1 Å². The van der Waals surface area contributed by atoms with Crippen molar-refractivity contribution in [2.24, 2.45) is 11.8 Å². The van der Waals surface area contributed by atoms with Gasteiger partial charge in [-0.05, 0) is 30.0 Å². The topological polar surface area (TPSA) is 109 Å². The summed E-state index contributed by atoms with van der Waals surface area (Å²) in [5.41, 5.74) is 0.438. The van der Waals surface area contributed by atoms with Gasteiger partial charge in [0.2, 0.25) is 0 Å². The highest BCUT2D eigenvalue weighted by Crippen LogP contribution is 2.36. The van der Waals surface area contributed by atoms with Gasteiger partial charge in [-0.25, -0.2) is 19.1 Å². The standard InChI is InChI=1S/C22H39N3O6Si/c1-15(2)12-29-20(27)24-18(19(26)31-32(8,9)22(5,6)7)10-17-11-25(14-23-17)21(28)30-13-16(3)4/h11,14-16,18H,10,12-13H2,1-9H3,(H,24,27). The van der Waals surface area contributed by atoms with Gasteiger partial charge >= 0.3 is 18.2 Å². The molecule has 0 radical (unpaired) electrons. The molecule has 0 bridgehead atoms. The highest BCUT2D eigenvalue weighted by Gasteiger charge is 2.42. The van der Waals surface area contributed by atoms with Gasteiger partial charge in [0, 0.05) is 12.6 Å². The Morgan fingerprint density at radius 1 is 1.06 bits per heavy atom. The fraction of sp³-hybridized carbons (Fsp3) is 0.727. The molecule has 0 spiro atoms. The third-order valence-corrected chi connectivity index (χ3v) is 9.41. The van der Waals surface area contributed by atoms with E-state index in [0.29, 0.717) is 5.69 Å². The van der Waals surface area contributed by atoms with Crippen molar-refractivity contribution in [1.82, 2.24) is 14.9 Å². The smallest absolute Gasteiger partial charge is 0.419 e. The number of hydrogen-bond donors (Lipinski definition) is 1. The second kappa shape index (κ2) is 11.5. The van der Waals surface area contributed by atoms with E-state index in [4.69, 9.17) is 13.9 Å². The predicted octanol–water partition coefficient (Wildman–Crippen LogP) is 4.37. The van der Waals surface area contributed by atoms with Crippen LogP contribution in [0.5, 0.6) is 0 Å². The van der Waals surface area contributed by atoms with Crippen molar-refractivity contribution in [2.75, 3.05) is 13.2 Å². The Bertz CT molecular complexity index is 783. The van der Waals surface area contributed by atoms with Gasteiger partial charge in [-0.15, -0.1) is 0 Å². The molecule has 1 aromatic rings. The minimum Gasteiger partial charge on any atom is -0.518 e. The van der Waals surface area contributed by atoms with Gasteiger partial charge in [0.25, 0.3) is 8.32 Å². The number of imidazole rings is 1. The van der Waals surface area contributed by atoms with Crippen molar-refractivity contribution in [3.63, 3.8) is 0 Å². The zero-order valence-electron chi connectivity index (χ0n) is 20.9. The lowest BCUT2D eigenvalue weighted by molar-refractivity contribution is -0.137. The Labute approximate surface area is 192 Å². The molecule has 1 aromatic heterocycles. The minimum atomic E-state index is -2.41. The van der Waals surface area contributed by atoms with Crippen LogP contribution in [0.15, 0.2) is 12.5 Å². The number of rotatable bonds is 9. The van der Waals surface area contributed by atoms with Crippen LogP contribution >= 0.6 is 0 Å². The van der Waals surface area contributed by atoms with Gasteiger partial charge < -0.3 is 19.2 Å². The molecular weight excluding hydrogens is 430 g/mol. The monoisotopic (exact) mass is 469 g/mol. The number of amides is 1. The normalized spacial score (nSPS) is 13.1. The van der Waals surface area contributed by atoms with Crippen LogP contribution in [0.1, 0.15) is 54.2 Å². The fourth-order valence-corrected chi connectivity index (χ4v) is 3.14. The Morgan fingerprint density at radius 2 is 1.62 bits per heavy atom. The third-order valence-electron chi connectivity index (χ3n) is 5.09. The van der Waals surface area contributed by atoms with E-state index in [1.165, 1.54) is 17.1 Å². The quantitative estimate of drug-likeness (QED) is 0.535. The van der Waals surface area contributed by atoms with E-state index in [9.17, 15) is 14.4 Å². The number of nitrogens with zero attached hydrogens (tertiary/aromatic N) is 2. The zero-order chi connectivity index (χ0) is 24.7. The van der Waals surface area contributed by atoms with E-state index < -0.39 is 32.5 Å². The summed E-state index contributed by atoms with van der Waals surface area (Å²) in [6.45, 7) is 18.2. The maximum absolute atomic E-state index is 13.0. The van der Waals surface area contributed by atoms with Crippen LogP contribution in [-0.2, 0) is 25.1 Å². The summed E-state index contributed by atoms with van der Waals surface area (Å²) >= 11 is 0. The first-order chi connectivity index (χ1) is 14.6. The lowest BCUT2D eigenvalue weighted by Gasteiger charge is -2.36. The summed E-state index contributed by atoms with van der Waals surface area (Å²) in [6.07, 6.45) is 1.60. The first-order valence-corrected chi connectivity index (χ1v) is 13.9. The number of aromatic nitrogens is 2. The van der Waals surface area contributed by atoms with Crippen molar-refractivity contribution in [2.45, 2.75) is 79.1 Å². The van der Waals surface area contributed by atoms with Crippen LogP contribution in [0.3, 0.4) is 0 Å². The molecule has 9 nitrogen and oxygen atoms in total.